The van der Waals surface area contributed by atoms with E-state index in [-0.39, 0.29) is 18.0 Å². The lowest BCUT2D eigenvalue weighted by molar-refractivity contribution is 0.0438. The van der Waals surface area contributed by atoms with Crippen LogP contribution >= 0.6 is 11.6 Å². The SMILES string of the molecule is C[C@@](c1ccc(F)cc1F)([C@@H](O)Cn1cncn1)n1cc(C(=O)N2CCN(c3ccc(Cl)cc3)CC2)cn1. The number of carbonyl (C=O) groups excluding carboxylic acids is 1. The first kappa shape index (κ1) is 25.8. The molecule has 0 unspecified atom stereocenters. The van der Waals surface area contributed by atoms with Gasteiger partial charge in [0, 0.05) is 54.7 Å². The second-order valence-corrected chi connectivity index (χ2v) is 9.77. The Morgan fingerprint density at radius 2 is 1.84 bits per heavy atom. The Balaban J connectivity index is 1.38. The van der Waals surface area contributed by atoms with E-state index in [9.17, 15) is 14.3 Å². The van der Waals surface area contributed by atoms with E-state index >= 15 is 4.39 Å². The fraction of sp³-hybridized carbons (Fsp3) is 0.308. The Morgan fingerprint density at radius 3 is 2.50 bits per heavy atom. The Labute approximate surface area is 222 Å². The second-order valence-electron chi connectivity index (χ2n) is 9.33. The Morgan fingerprint density at radius 1 is 1.11 bits per heavy atom. The monoisotopic (exact) mass is 541 g/mol. The number of hydrogen-bond acceptors (Lipinski definition) is 6. The standard InChI is InChI=1S/C26H26ClF2N7O2/c1-26(22-7-4-20(28)12-23(22)29,24(37)15-35-17-30-16-32-35)36-14-18(13-31-36)25(38)34-10-8-33(9-11-34)21-5-2-19(27)3-6-21/h2-7,12-14,16-17,24,37H,8-11,15H2,1H3/t24-,26+/m0/s1. The molecular weight excluding hydrogens is 516 g/mol. The number of benzene rings is 2. The number of anilines is 1. The number of nitrogens with zero attached hydrogens (tertiary/aromatic N) is 7. The van der Waals surface area contributed by atoms with Crippen molar-refractivity contribution in [1.82, 2.24) is 29.4 Å². The van der Waals surface area contributed by atoms with Gasteiger partial charge in [-0.1, -0.05) is 17.7 Å². The molecule has 0 saturated carbocycles. The van der Waals surface area contributed by atoms with E-state index in [1.54, 1.807) is 11.8 Å². The molecule has 2 aromatic carbocycles. The number of piperazine rings is 1. The van der Waals surface area contributed by atoms with Crippen molar-refractivity contribution in [3.63, 3.8) is 0 Å². The van der Waals surface area contributed by atoms with Gasteiger partial charge in [-0.25, -0.2) is 13.8 Å². The highest BCUT2D eigenvalue weighted by atomic mass is 35.5. The zero-order chi connectivity index (χ0) is 26.9. The maximum atomic E-state index is 15.0. The van der Waals surface area contributed by atoms with Gasteiger partial charge in [0.15, 0.2) is 0 Å². The van der Waals surface area contributed by atoms with Crippen LogP contribution in [0.3, 0.4) is 0 Å². The van der Waals surface area contributed by atoms with Gasteiger partial charge in [0.1, 0.15) is 35.9 Å². The number of aromatic nitrogens is 5. The molecule has 9 nitrogen and oxygen atoms in total. The third-order valence-corrected chi connectivity index (χ3v) is 7.27. The van der Waals surface area contributed by atoms with Crippen molar-refractivity contribution in [3.05, 3.63) is 95.3 Å². The van der Waals surface area contributed by atoms with Crippen molar-refractivity contribution in [2.24, 2.45) is 0 Å². The first-order valence-corrected chi connectivity index (χ1v) is 12.4. The van der Waals surface area contributed by atoms with Crippen molar-refractivity contribution in [2.75, 3.05) is 31.1 Å². The minimum Gasteiger partial charge on any atom is -0.388 e. The number of carbonyl (C=O) groups is 1. The van der Waals surface area contributed by atoms with Crippen LogP contribution in [0.15, 0.2) is 67.5 Å². The third kappa shape index (κ3) is 4.99. The fourth-order valence-electron chi connectivity index (χ4n) is 4.73. The van der Waals surface area contributed by atoms with Crippen molar-refractivity contribution < 1.29 is 18.7 Å². The maximum Gasteiger partial charge on any atom is 0.257 e. The summed E-state index contributed by atoms with van der Waals surface area (Å²) < 4.78 is 31.5. The summed E-state index contributed by atoms with van der Waals surface area (Å²) in [7, 11) is 0. The van der Waals surface area contributed by atoms with E-state index in [2.05, 4.69) is 20.1 Å². The average Bonchev–Trinajstić information content (AvgIpc) is 3.61. The molecule has 2 atom stereocenters. The number of halogens is 3. The topological polar surface area (TPSA) is 92.3 Å². The summed E-state index contributed by atoms with van der Waals surface area (Å²) in [5.74, 6) is -1.81. The quantitative estimate of drug-likeness (QED) is 0.386. The highest BCUT2D eigenvalue weighted by Gasteiger charge is 2.41. The lowest BCUT2D eigenvalue weighted by Gasteiger charge is -2.36. The van der Waals surface area contributed by atoms with E-state index < -0.39 is 23.3 Å². The average molecular weight is 542 g/mol. The first-order valence-electron chi connectivity index (χ1n) is 12.1. The van der Waals surface area contributed by atoms with E-state index in [1.165, 1.54) is 40.5 Å². The minimum absolute atomic E-state index is 0.0187. The van der Waals surface area contributed by atoms with Gasteiger partial charge in [-0.3, -0.25) is 14.2 Å². The molecule has 0 aliphatic carbocycles. The molecule has 3 heterocycles. The molecule has 198 valence electrons. The van der Waals surface area contributed by atoms with E-state index in [1.807, 2.05) is 24.3 Å². The molecule has 1 N–H and O–H groups in total. The molecule has 1 amide bonds. The molecule has 5 rings (SSSR count). The summed E-state index contributed by atoms with van der Waals surface area (Å²) in [6, 6.07) is 10.7. The molecule has 0 bridgehead atoms. The molecule has 0 radical (unpaired) electrons. The molecule has 1 fully saturated rings. The highest BCUT2D eigenvalue weighted by Crippen LogP contribution is 2.33. The molecule has 2 aromatic heterocycles. The van der Waals surface area contributed by atoms with Gasteiger partial charge in [0.25, 0.3) is 5.91 Å². The number of hydrogen-bond donors (Lipinski definition) is 1. The second kappa shape index (κ2) is 10.5. The summed E-state index contributed by atoms with van der Waals surface area (Å²) in [6.45, 7) is 3.85. The van der Waals surface area contributed by atoms with Gasteiger partial charge in [-0.15, -0.1) is 0 Å². The molecular formula is C26H26ClF2N7O2. The normalized spacial score (nSPS) is 16.3. The largest absolute Gasteiger partial charge is 0.388 e. The molecule has 1 aliphatic rings. The van der Waals surface area contributed by atoms with Crippen LogP contribution in [0.4, 0.5) is 14.5 Å². The highest BCUT2D eigenvalue weighted by molar-refractivity contribution is 6.30. The van der Waals surface area contributed by atoms with Gasteiger partial charge in [-0.05, 0) is 37.3 Å². The number of rotatable bonds is 7. The zero-order valence-corrected chi connectivity index (χ0v) is 21.3. The predicted molar refractivity (Wildman–Crippen MR) is 137 cm³/mol. The van der Waals surface area contributed by atoms with Gasteiger partial charge in [-0.2, -0.15) is 10.2 Å². The van der Waals surface area contributed by atoms with Gasteiger partial charge in [0.05, 0.1) is 18.3 Å². The summed E-state index contributed by atoms with van der Waals surface area (Å²) in [5.41, 5.74) is -0.139. The Bertz CT molecular complexity index is 1410. The van der Waals surface area contributed by atoms with Crippen LogP contribution in [-0.2, 0) is 12.1 Å². The Kier molecular flexibility index (Phi) is 7.13. The lowest BCUT2D eigenvalue weighted by atomic mass is 9.85. The van der Waals surface area contributed by atoms with Gasteiger partial charge >= 0.3 is 0 Å². The molecule has 1 aliphatic heterocycles. The summed E-state index contributed by atoms with van der Waals surface area (Å²) >= 11 is 5.99. The van der Waals surface area contributed by atoms with Crippen LogP contribution in [0.2, 0.25) is 5.02 Å². The van der Waals surface area contributed by atoms with Crippen LogP contribution in [0.5, 0.6) is 0 Å². The number of aliphatic hydroxyl groups excluding tert-OH is 1. The van der Waals surface area contributed by atoms with Crippen molar-refractivity contribution in [3.8, 4) is 0 Å². The van der Waals surface area contributed by atoms with E-state index in [0.717, 1.165) is 17.8 Å². The van der Waals surface area contributed by atoms with E-state index in [0.29, 0.717) is 36.8 Å². The van der Waals surface area contributed by atoms with Crippen molar-refractivity contribution >= 4 is 23.2 Å². The molecule has 12 heteroatoms. The third-order valence-electron chi connectivity index (χ3n) is 7.02. The number of amides is 1. The predicted octanol–water partition coefficient (Wildman–Crippen LogP) is 3.19. The van der Waals surface area contributed by atoms with Crippen molar-refractivity contribution in [2.45, 2.75) is 25.1 Å². The Hall–Kier alpha value is -3.83. The number of aliphatic hydroxyl groups is 1. The van der Waals surface area contributed by atoms with Gasteiger partial charge < -0.3 is 14.9 Å². The smallest absolute Gasteiger partial charge is 0.257 e. The van der Waals surface area contributed by atoms with E-state index in [4.69, 9.17) is 11.6 Å². The van der Waals surface area contributed by atoms with Crippen LogP contribution in [0.25, 0.3) is 0 Å². The fourth-order valence-corrected chi connectivity index (χ4v) is 4.85. The summed E-state index contributed by atoms with van der Waals surface area (Å²) in [6.07, 6.45) is 4.37. The summed E-state index contributed by atoms with van der Waals surface area (Å²) in [5, 5.41) is 20.3. The van der Waals surface area contributed by atoms with Crippen LogP contribution in [0, 0.1) is 11.6 Å². The van der Waals surface area contributed by atoms with Crippen LogP contribution < -0.4 is 4.90 Å². The first-order chi connectivity index (χ1) is 18.3. The van der Waals surface area contributed by atoms with Gasteiger partial charge in [0.2, 0.25) is 0 Å². The summed E-state index contributed by atoms with van der Waals surface area (Å²) in [4.78, 5) is 21.1. The molecule has 38 heavy (non-hydrogen) atoms. The maximum absolute atomic E-state index is 15.0. The molecule has 1 saturated heterocycles. The molecule has 0 spiro atoms. The zero-order valence-electron chi connectivity index (χ0n) is 20.6. The lowest BCUT2D eigenvalue weighted by Crippen LogP contribution is -2.49. The molecule has 4 aromatic rings. The minimum atomic E-state index is -1.49. The van der Waals surface area contributed by atoms with Crippen LogP contribution in [0.1, 0.15) is 22.8 Å². The van der Waals surface area contributed by atoms with Crippen LogP contribution in [-0.4, -0.2) is 72.7 Å². The van der Waals surface area contributed by atoms with Crippen molar-refractivity contribution in [1.29, 1.82) is 0 Å².